The van der Waals surface area contributed by atoms with E-state index >= 15 is 0 Å². The summed E-state index contributed by atoms with van der Waals surface area (Å²) in [5.74, 6) is -0.676. The molecule has 4 amide bonds. The van der Waals surface area contributed by atoms with E-state index in [2.05, 4.69) is 17.6 Å². The second-order valence-corrected chi connectivity index (χ2v) is 6.74. The Hall–Kier alpha value is -2.37. The smallest absolute Gasteiger partial charge is 0.325 e. The molecule has 0 bridgehead atoms. The monoisotopic (exact) mass is 329 g/mol. The van der Waals surface area contributed by atoms with Gasteiger partial charge in [0.25, 0.3) is 5.91 Å². The summed E-state index contributed by atoms with van der Waals surface area (Å²) in [5, 5.41) is 5.53. The molecule has 0 spiro atoms. The summed E-state index contributed by atoms with van der Waals surface area (Å²) in [7, 11) is 0. The average Bonchev–Trinajstić information content (AvgIpc) is 3.33. The van der Waals surface area contributed by atoms with E-state index in [0.717, 1.165) is 36.1 Å². The lowest BCUT2D eigenvalue weighted by atomic mass is 9.91. The van der Waals surface area contributed by atoms with E-state index in [9.17, 15) is 14.4 Å². The van der Waals surface area contributed by atoms with E-state index in [1.165, 1.54) is 5.56 Å². The Kier molecular flexibility index (Phi) is 4.30. The van der Waals surface area contributed by atoms with Crippen LogP contribution in [0.3, 0.4) is 0 Å². The van der Waals surface area contributed by atoms with Crippen LogP contribution in [-0.2, 0) is 21.5 Å². The highest BCUT2D eigenvalue weighted by Gasteiger charge is 2.49. The van der Waals surface area contributed by atoms with Crippen molar-refractivity contribution in [3.63, 3.8) is 0 Å². The average molecular weight is 329 g/mol. The fraction of sp³-hybridized carbons (Fsp3) is 0.500. The Labute approximate surface area is 141 Å². The second kappa shape index (κ2) is 6.26. The summed E-state index contributed by atoms with van der Waals surface area (Å²) in [6.45, 7) is 3.56. The number of hydrogen-bond acceptors (Lipinski definition) is 3. The van der Waals surface area contributed by atoms with E-state index < -0.39 is 11.6 Å². The Morgan fingerprint density at radius 2 is 1.96 bits per heavy atom. The van der Waals surface area contributed by atoms with Crippen LogP contribution in [0.25, 0.3) is 0 Å². The first kappa shape index (κ1) is 16.5. The van der Waals surface area contributed by atoms with Crippen LogP contribution in [0.5, 0.6) is 0 Å². The zero-order chi connectivity index (χ0) is 17.3. The van der Waals surface area contributed by atoms with Gasteiger partial charge in [0.2, 0.25) is 5.91 Å². The van der Waals surface area contributed by atoms with Crippen LogP contribution in [0, 0.1) is 0 Å². The normalized spacial score (nSPS) is 23.3. The van der Waals surface area contributed by atoms with E-state index in [0.29, 0.717) is 0 Å². The van der Waals surface area contributed by atoms with Gasteiger partial charge in [0.1, 0.15) is 12.1 Å². The SMILES string of the molecule is CCCc1ccc([C@@]2(C)NC(=O)N(CC(=O)NC3CC3)C2=O)cc1. The molecule has 24 heavy (non-hydrogen) atoms. The van der Waals surface area contributed by atoms with Crippen molar-refractivity contribution < 1.29 is 14.4 Å². The number of nitrogens with zero attached hydrogens (tertiary/aromatic N) is 1. The molecule has 6 nitrogen and oxygen atoms in total. The van der Waals surface area contributed by atoms with Gasteiger partial charge < -0.3 is 10.6 Å². The number of rotatable bonds is 6. The van der Waals surface area contributed by atoms with Gasteiger partial charge in [-0.2, -0.15) is 0 Å². The quantitative estimate of drug-likeness (QED) is 0.780. The maximum absolute atomic E-state index is 12.7. The minimum atomic E-state index is -1.12. The predicted octanol–water partition coefficient (Wildman–Crippen LogP) is 1.68. The van der Waals surface area contributed by atoms with Crippen LogP contribution in [0.4, 0.5) is 4.79 Å². The van der Waals surface area contributed by atoms with Crippen LogP contribution in [0.2, 0.25) is 0 Å². The number of hydrogen-bond donors (Lipinski definition) is 2. The van der Waals surface area contributed by atoms with Gasteiger partial charge in [-0.05, 0) is 37.3 Å². The third-order valence-electron chi connectivity index (χ3n) is 4.59. The first-order valence-corrected chi connectivity index (χ1v) is 8.47. The predicted molar refractivity (Wildman–Crippen MR) is 89.2 cm³/mol. The number of benzene rings is 1. The van der Waals surface area contributed by atoms with Crippen LogP contribution < -0.4 is 10.6 Å². The molecule has 1 aliphatic carbocycles. The molecular formula is C18H23N3O3. The number of urea groups is 1. The lowest BCUT2D eigenvalue weighted by molar-refractivity contribution is -0.134. The molecule has 1 saturated carbocycles. The molecule has 1 saturated heterocycles. The zero-order valence-corrected chi connectivity index (χ0v) is 14.1. The Morgan fingerprint density at radius 3 is 2.54 bits per heavy atom. The molecule has 1 aliphatic heterocycles. The van der Waals surface area contributed by atoms with Crippen molar-refractivity contribution in [1.29, 1.82) is 0 Å². The topological polar surface area (TPSA) is 78.5 Å². The standard InChI is InChI=1S/C18H23N3O3/c1-3-4-12-5-7-13(8-6-12)18(2)16(23)21(17(24)20-18)11-15(22)19-14-9-10-14/h5-8,14H,3-4,9-11H2,1-2H3,(H,19,22)(H,20,24)/t18-/m1/s1. The summed E-state index contributed by atoms with van der Waals surface area (Å²) in [4.78, 5) is 37.9. The number of amides is 4. The maximum atomic E-state index is 12.7. The minimum Gasteiger partial charge on any atom is -0.352 e. The van der Waals surface area contributed by atoms with Crippen molar-refractivity contribution in [2.24, 2.45) is 0 Å². The molecule has 128 valence electrons. The molecule has 2 N–H and O–H groups in total. The highest BCUT2D eigenvalue weighted by molar-refractivity contribution is 6.09. The van der Waals surface area contributed by atoms with Crippen LogP contribution in [-0.4, -0.2) is 35.3 Å². The summed E-state index contributed by atoms with van der Waals surface area (Å²) in [6, 6.07) is 7.38. The fourth-order valence-corrected chi connectivity index (χ4v) is 2.97. The molecule has 0 unspecified atom stereocenters. The molecule has 2 fully saturated rings. The van der Waals surface area contributed by atoms with E-state index in [1.807, 2.05) is 24.3 Å². The summed E-state index contributed by atoms with van der Waals surface area (Å²) >= 11 is 0. The molecule has 0 radical (unpaired) electrons. The largest absolute Gasteiger partial charge is 0.352 e. The number of aryl methyl sites for hydroxylation is 1. The first-order chi connectivity index (χ1) is 11.4. The molecule has 3 rings (SSSR count). The number of carbonyl (C=O) groups excluding carboxylic acids is 3. The van der Waals surface area contributed by atoms with Gasteiger partial charge in [-0.25, -0.2) is 4.79 Å². The van der Waals surface area contributed by atoms with Crippen molar-refractivity contribution in [3.05, 3.63) is 35.4 Å². The number of imide groups is 1. The van der Waals surface area contributed by atoms with Gasteiger partial charge in [0.15, 0.2) is 0 Å². The molecule has 0 aromatic heterocycles. The molecule has 1 heterocycles. The van der Waals surface area contributed by atoms with Crippen LogP contribution >= 0.6 is 0 Å². The van der Waals surface area contributed by atoms with E-state index in [1.54, 1.807) is 6.92 Å². The molecule has 1 aromatic carbocycles. The van der Waals surface area contributed by atoms with Gasteiger partial charge >= 0.3 is 6.03 Å². The van der Waals surface area contributed by atoms with Gasteiger partial charge in [0.05, 0.1) is 0 Å². The van der Waals surface area contributed by atoms with Gasteiger partial charge in [0, 0.05) is 6.04 Å². The summed E-state index contributed by atoms with van der Waals surface area (Å²) < 4.78 is 0. The first-order valence-electron chi connectivity index (χ1n) is 8.47. The maximum Gasteiger partial charge on any atom is 0.325 e. The number of nitrogens with one attached hydrogen (secondary N) is 2. The highest BCUT2D eigenvalue weighted by atomic mass is 16.2. The molecular weight excluding hydrogens is 306 g/mol. The van der Waals surface area contributed by atoms with Crippen molar-refractivity contribution >= 4 is 17.8 Å². The second-order valence-electron chi connectivity index (χ2n) is 6.74. The third kappa shape index (κ3) is 3.13. The van der Waals surface area contributed by atoms with Gasteiger partial charge in [-0.1, -0.05) is 37.6 Å². The molecule has 1 atom stereocenters. The Bertz CT molecular complexity index is 667. The van der Waals surface area contributed by atoms with Crippen LogP contribution in [0.15, 0.2) is 24.3 Å². The van der Waals surface area contributed by atoms with E-state index in [-0.39, 0.29) is 24.4 Å². The fourth-order valence-electron chi connectivity index (χ4n) is 2.97. The molecule has 1 aromatic rings. The lowest BCUT2D eigenvalue weighted by Crippen LogP contribution is -2.43. The zero-order valence-electron chi connectivity index (χ0n) is 14.1. The van der Waals surface area contributed by atoms with Gasteiger partial charge in [-0.3, -0.25) is 14.5 Å². The lowest BCUT2D eigenvalue weighted by Gasteiger charge is -2.22. The third-order valence-corrected chi connectivity index (χ3v) is 4.59. The van der Waals surface area contributed by atoms with Gasteiger partial charge in [-0.15, -0.1) is 0 Å². The minimum absolute atomic E-state index is 0.204. The molecule has 2 aliphatic rings. The van der Waals surface area contributed by atoms with Crippen molar-refractivity contribution in [3.8, 4) is 0 Å². The highest BCUT2D eigenvalue weighted by Crippen LogP contribution is 2.29. The molecule has 6 heteroatoms. The van der Waals surface area contributed by atoms with Crippen molar-refractivity contribution in [1.82, 2.24) is 15.5 Å². The Morgan fingerprint density at radius 1 is 1.29 bits per heavy atom. The number of carbonyl (C=O) groups is 3. The Balaban J connectivity index is 1.74. The van der Waals surface area contributed by atoms with Crippen molar-refractivity contribution in [2.45, 2.75) is 51.1 Å². The summed E-state index contributed by atoms with van der Waals surface area (Å²) in [5.41, 5.74) is 0.801. The van der Waals surface area contributed by atoms with Crippen molar-refractivity contribution in [2.75, 3.05) is 6.54 Å². The van der Waals surface area contributed by atoms with Crippen LogP contribution in [0.1, 0.15) is 44.2 Å². The van der Waals surface area contributed by atoms with E-state index in [4.69, 9.17) is 0 Å². The summed E-state index contributed by atoms with van der Waals surface area (Å²) in [6.07, 6.45) is 3.96.